The average Bonchev–Trinajstić information content (AvgIpc) is 2.36. The van der Waals surface area contributed by atoms with Crippen molar-refractivity contribution in [3.05, 3.63) is 24.0 Å². The van der Waals surface area contributed by atoms with Gasteiger partial charge in [-0.3, -0.25) is 10.6 Å². The summed E-state index contributed by atoms with van der Waals surface area (Å²) in [5.41, 5.74) is 3.04. The zero-order chi connectivity index (χ0) is 12.9. The molecule has 6 nitrogen and oxygen atoms in total. The van der Waals surface area contributed by atoms with Crippen LogP contribution in [0.1, 0.15) is 24.3 Å². The van der Waals surface area contributed by atoms with Crippen molar-refractivity contribution in [1.82, 2.24) is 10.3 Å². The second-order valence-electron chi connectivity index (χ2n) is 4.22. The molecule has 94 valence electrons. The van der Waals surface area contributed by atoms with Crippen LogP contribution in [0.4, 0.5) is 5.69 Å². The summed E-state index contributed by atoms with van der Waals surface area (Å²) in [6, 6.07) is 3.29. The van der Waals surface area contributed by atoms with Crippen molar-refractivity contribution >= 4 is 11.6 Å². The Morgan fingerprint density at radius 1 is 1.53 bits per heavy atom. The van der Waals surface area contributed by atoms with E-state index in [9.17, 15) is 4.79 Å². The number of nitrogens with one attached hydrogen (secondary N) is 2. The van der Waals surface area contributed by atoms with Crippen LogP contribution in [0.5, 0.6) is 0 Å². The minimum absolute atomic E-state index is 0.237. The first-order valence-corrected chi connectivity index (χ1v) is 5.24. The van der Waals surface area contributed by atoms with Gasteiger partial charge in [0.15, 0.2) is 0 Å². The van der Waals surface area contributed by atoms with Gasteiger partial charge in [-0.25, -0.2) is 4.98 Å². The molecule has 1 amide bonds. The standard InChI is InChI=1S/C11H18N4O2/c1-11(2,17-3)7-14-10(16)9-5-4-8(15-12)6-13-9/h4-6,15H,7,12H2,1-3H3,(H,14,16). The predicted octanol–water partition coefficient (Wildman–Crippen LogP) is 0.522. The number of hydrogen-bond donors (Lipinski definition) is 3. The monoisotopic (exact) mass is 238 g/mol. The second-order valence-corrected chi connectivity index (χ2v) is 4.22. The number of amides is 1. The van der Waals surface area contributed by atoms with Gasteiger partial charge in [-0.15, -0.1) is 0 Å². The van der Waals surface area contributed by atoms with Gasteiger partial charge in [-0.2, -0.15) is 0 Å². The van der Waals surface area contributed by atoms with Gasteiger partial charge < -0.3 is 15.5 Å². The van der Waals surface area contributed by atoms with E-state index in [4.69, 9.17) is 10.6 Å². The SMILES string of the molecule is COC(C)(C)CNC(=O)c1ccc(NN)cn1. The van der Waals surface area contributed by atoms with E-state index in [1.54, 1.807) is 19.2 Å². The number of pyridine rings is 1. The number of nitrogen functional groups attached to an aromatic ring is 1. The molecule has 0 saturated carbocycles. The number of nitrogens with two attached hydrogens (primary N) is 1. The van der Waals surface area contributed by atoms with Crippen molar-refractivity contribution in [2.24, 2.45) is 5.84 Å². The quantitative estimate of drug-likeness (QED) is 0.514. The van der Waals surface area contributed by atoms with Crippen LogP contribution >= 0.6 is 0 Å². The Hall–Kier alpha value is -1.66. The first-order valence-electron chi connectivity index (χ1n) is 5.24. The molecule has 0 aliphatic carbocycles. The van der Waals surface area contributed by atoms with Crippen molar-refractivity contribution < 1.29 is 9.53 Å². The summed E-state index contributed by atoms with van der Waals surface area (Å²) in [4.78, 5) is 15.7. The molecule has 0 fully saturated rings. The molecule has 4 N–H and O–H groups in total. The molecule has 0 atom stereocenters. The third-order valence-electron chi connectivity index (χ3n) is 2.39. The third-order valence-corrected chi connectivity index (χ3v) is 2.39. The summed E-state index contributed by atoms with van der Waals surface area (Å²) in [5, 5.41) is 2.75. The van der Waals surface area contributed by atoms with Crippen molar-refractivity contribution in [1.29, 1.82) is 0 Å². The lowest BCUT2D eigenvalue weighted by atomic mass is 10.1. The molecule has 17 heavy (non-hydrogen) atoms. The Kier molecular flexibility index (Phi) is 4.42. The van der Waals surface area contributed by atoms with Gasteiger partial charge in [-0.1, -0.05) is 0 Å². The number of methoxy groups -OCH3 is 1. The normalized spacial score (nSPS) is 11.1. The molecule has 0 aliphatic rings. The van der Waals surface area contributed by atoms with Crippen LogP contribution in [0, 0.1) is 0 Å². The zero-order valence-electron chi connectivity index (χ0n) is 10.3. The van der Waals surface area contributed by atoms with Gasteiger partial charge in [0.2, 0.25) is 0 Å². The number of hydrazine groups is 1. The lowest BCUT2D eigenvalue weighted by molar-refractivity contribution is 0.0228. The zero-order valence-corrected chi connectivity index (χ0v) is 10.3. The lowest BCUT2D eigenvalue weighted by Crippen LogP contribution is -2.39. The largest absolute Gasteiger partial charge is 0.377 e. The topological polar surface area (TPSA) is 89.3 Å². The Bertz CT molecular complexity index is 376. The fourth-order valence-electron chi connectivity index (χ4n) is 1.07. The van der Waals surface area contributed by atoms with Gasteiger partial charge >= 0.3 is 0 Å². The number of anilines is 1. The molecule has 1 heterocycles. The number of hydrogen-bond acceptors (Lipinski definition) is 5. The molecule has 1 aromatic heterocycles. The summed E-state index contributed by atoms with van der Waals surface area (Å²) >= 11 is 0. The van der Waals surface area contributed by atoms with Gasteiger partial charge in [0.1, 0.15) is 5.69 Å². The van der Waals surface area contributed by atoms with E-state index in [0.29, 0.717) is 17.9 Å². The first kappa shape index (κ1) is 13.4. The third kappa shape index (κ3) is 4.01. The molecule has 0 saturated heterocycles. The summed E-state index contributed by atoms with van der Waals surface area (Å²) in [7, 11) is 1.60. The van der Waals surface area contributed by atoms with Crippen LogP contribution in [-0.2, 0) is 4.74 Å². The minimum Gasteiger partial charge on any atom is -0.377 e. The average molecular weight is 238 g/mol. The fraction of sp³-hybridized carbons (Fsp3) is 0.455. The molecular formula is C11H18N4O2. The van der Waals surface area contributed by atoms with E-state index >= 15 is 0 Å². The van der Waals surface area contributed by atoms with Crippen LogP contribution in [-0.4, -0.2) is 30.1 Å². The maximum absolute atomic E-state index is 11.7. The lowest BCUT2D eigenvalue weighted by Gasteiger charge is -2.22. The molecule has 0 spiro atoms. The predicted molar refractivity (Wildman–Crippen MR) is 65.5 cm³/mol. The summed E-state index contributed by atoms with van der Waals surface area (Å²) in [6.07, 6.45) is 1.50. The van der Waals surface area contributed by atoms with E-state index in [1.165, 1.54) is 6.20 Å². The van der Waals surface area contributed by atoms with Gasteiger partial charge in [0.05, 0.1) is 17.5 Å². The molecule has 1 rings (SSSR count). The fourth-order valence-corrected chi connectivity index (χ4v) is 1.07. The molecule has 1 aromatic rings. The van der Waals surface area contributed by atoms with Crippen LogP contribution in [0.25, 0.3) is 0 Å². The summed E-state index contributed by atoms with van der Waals surface area (Å²) in [6.45, 7) is 4.20. The van der Waals surface area contributed by atoms with E-state index in [0.717, 1.165) is 0 Å². The second kappa shape index (κ2) is 5.60. The molecule has 0 aromatic carbocycles. The Morgan fingerprint density at radius 3 is 2.71 bits per heavy atom. The molecule has 0 unspecified atom stereocenters. The van der Waals surface area contributed by atoms with Crippen LogP contribution in [0.3, 0.4) is 0 Å². The number of rotatable bonds is 5. The van der Waals surface area contributed by atoms with Gasteiger partial charge in [0, 0.05) is 13.7 Å². The van der Waals surface area contributed by atoms with Crippen molar-refractivity contribution in [2.45, 2.75) is 19.4 Å². The maximum Gasteiger partial charge on any atom is 0.269 e. The van der Waals surface area contributed by atoms with Crippen molar-refractivity contribution in [3.8, 4) is 0 Å². The minimum atomic E-state index is -0.394. The van der Waals surface area contributed by atoms with Gasteiger partial charge in [0.25, 0.3) is 5.91 Å². The molecular weight excluding hydrogens is 220 g/mol. The van der Waals surface area contributed by atoms with Crippen LogP contribution in [0.15, 0.2) is 18.3 Å². The maximum atomic E-state index is 11.7. The first-order chi connectivity index (χ1) is 7.98. The van der Waals surface area contributed by atoms with Crippen LogP contribution < -0.4 is 16.6 Å². The number of carbonyl (C=O) groups excluding carboxylic acids is 1. The van der Waals surface area contributed by atoms with Crippen molar-refractivity contribution in [2.75, 3.05) is 19.1 Å². The molecule has 6 heteroatoms. The highest BCUT2D eigenvalue weighted by atomic mass is 16.5. The number of aromatic nitrogens is 1. The highest BCUT2D eigenvalue weighted by molar-refractivity contribution is 5.92. The van der Waals surface area contributed by atoms with Gasteiger partial charge in [-0.05, 0) is 26.0 Å². The smallest absolute Gasteiger partial charge is 0.269 e. The summed E-state index contributed by atoms with van der Waals surface area (Å²) < 4.78 is 5.20. The van der Waals surface area contributed by atoms with E-state index in [-0.39, 0.29) is 5.91 Å². The highest BCUT2D eigenvalue weighted by Crippen LogP contribution is 2.07. The Morgan fingerprint density at radius 2 is 2.24 bits per heavy atom. The van der Waals surface area contributed by atoms with E-state index in [2.05, 4.69) is 15.7 Å². The van der Waals surface area contributed by atoms with Crippen molar-refractivity contribution in [3.63, 3.8) is 0 Å². The Balaban J connectivity index is 2.58. The summed E-state index contributed by atoms with van der Waals surface area (Å²) in [5.74, 6) is 4.97. The van der Waals surface area contributed by atoms with E-state index < -0.39 is 5.60 Å². The number of ether oxygens (including phenoxy) is 1. The molecule has 0 radical (unpaired) electrons. The van der Waals surface area contributed by atoms with E-state index in [1.807, 2.05) is 13.8 Å². The number of carbonyl (C=O) groups is 1. The number of nitrogens with zero attached hydrogens (tertiary/aromatic N) is 1. The highest BCUT2D eigenvalue weighted by Gasteiger charge is 2.18. The Labute approximate surface area is 101 Å². The molecule has 0 aliphatic heterocycles. The van der Waals surface area contributed by atoms with Crippen LogP contribution in [0.2, 0.25) is 0 Å². The molecule has 0 bridgehead atoms.